The molecule has 0 aliphatic rings. The fourth-order valence-corrected chi connectivity index (χ4v) is 2.44. The van der Waals surface area contributed by atoms with Gasteiger partial charge in [-0.1, -0.05) is 52.3 Å². The lowest BCUT2D eigenvalue weighted by Gasteiger charge is -2.16. The maximum absolute atomic E-state index is 6.32. The van der Waals surface area contributed by atoms with Crippen LogP contribution in [0.15, 0.2) is 46.9 Å². The first kappa shape index (κ1) is 12.3. The summed E-state index contributed by atoms with van der Waals surface area (Å²) in [6, 6.07) is 14.4. The van der Waals surface area contributed by atoms with Gasteiger partial charge in [0.15, 0.2) is 0 Å². The van der Waals surface area contributed by atoms with Crippen LogP contribution in [0.1, 0.15) is 28.3 Å². The molecular formula is C15H16BrN. The second-order valence-corrected chi connectivity index (χ2v) is 5.20. The van der Waals surface area contributed by atoms with E-state index in [4.69, 9.17) is 5.73 Å². The summed E-state index contributed by atoms with van der Waals surface area (Å²) in [4.78, 5) is 0. The Kier molecular flexibility index (Phi) is 3.65. The van der Waals surface area contributed by atoms with Crippen LogP contribution in [0.2, 0.25) is 0 Å². The van der Waals surface area contributed by atoms with Gasteiger partial charge in [0.25, 0.3) is 0 Å². The Hall–Kier alpha value is -1.12. The summed E-state index contributed by atoms with van der Waals surface area (Å²) >= 11 is 3.54. The van der Waals surface area contributed by atoms with Crippen molar-refractivity contribution in [3.63, 3.8) is 0 Å². The summed E-state index contributed by atoms with van der Waals surface area (Å²) in [7, 11) is 0. The highest BCUT2D eigenvalue weighted by Gasteiger charge is 2.12. The molecule has 0 saturated carbocycles. The monoisotopic (exact) mass is 289 g/mol. The third-order valence-corrected chi connectivity index (χ3v) is 3.90. The Morgan fingerprint density at radius 2 is 1.65 bits per heavy atom. The van der Waals surface area contributed by atoms with E-state index in [0.717, 1.165) is 10.0 Å². The summed E-state index contributed by atoms with van der Waals surface area (Å²) < 4.78 is 1.14. The van der Waals surface area contributed by atoms with E-state index in [1.165, 1.54) is 16.7 Å². The van der Waals surface area contributed by atoms with Crippen molar-refractivity contribution in [3.8, 4) is 0 Å². The first-order valence-electron chi connectivity index (χ1n) is 5.67. The van der Waals surface area contributed by atoms with E-state index in [1.807, 2.05) is 18.2 Å². The van der Waals surface area contributed by atoms with E-state index in [9.17, 15) is 0 Å². The van der Waals surface area contributed by atoms with Gasteiger partial charge in [-0.05, 0) is 42.2 Å². The second kappa shape index (κ2) is 5.03. The van der Waals surface area contributed by atoms with Gasteiger partial charge in [-0.25, -0.2) is 0 Å². The molecule has 17 heavy (non-hydrogen) atoms. The molecule has 0 aliphatic heterocycles. The SMILES string of the molecule is Cc1cc(C(N)c2ccccc2)c(C)cc1Br. The molecule has 2 N–H and O–H groups in total. The molecule has 0 aliphatic carbocycles. The topological polar surface area (TPSA) is 26.0 Å². The van der Waals surface area contributed by atoms with Crippen LogP contribution in [0.5, 0.6) is 0 Å². The predicted molar refractivity (Wildman–Crippen MR) is 76.1 cm³/mol. The molecule has 0 saturated heterocycles. The molecule has 0 spiro atoms. The third kappa shape index (κ3) is 2.59. The first-order valence-corrected chi connectivity index (χ1v) is 6.46. The van der Waals surface area contributed by atoms with E-state index in [0.29, 0.717) is 0 Å². The van der Waals surface area contributed by atoms with Crippen LogP contribution < -0.4 is 5.73 Å². The number of nitrogens with two attached hydrogens (primary N) is 1. The Bertz CT molecular complexity index is 520. The van der Waals surface area contributed by atoms with Gasteiger partial charge in [-0.15, -0.1) is 0 Å². The molecule has 1 unspecified atom stereocenters. The van der Waals surface area contributed by atoms with Gasteiger partial charge in [-0.3, -0.25) is 0 Å². The zero-order valence-corrected chi connectivity index (χ0v) is 11.7. The van der Waals surface area contributed by atoms with E-state index < -0.39 is 0 Å². The Morgan fingerprint density at radius 1 is 1.00 bits per heavy atom. The third-order valence-electron chi connectivity index (χ3n) is 3.04. The molecule has 1 nitrogen and oxygen atoms in total. The summed E-state index contributed by atoms with van der Waals surface area (Å²) in [6.45, 7) is 4.19. The highest BCUT2D eigenvalue weighted by atomic mass is 79.9. The van der Waals surface area contributed by atoms with Crippen molar-refractivity contribution in [2.75, 3.05) is 0 Å². The Labute approximate surface area is 111 Å². The number of aryl methyl sites for hydroxylation is 2. The highest BCUT2D eigenvalue weighted by Crippen LogP contribution is 2.27. The van der Waals surface area contributed by atoms with Crippen LogP contribution in [0.4, 0.5) is 0 Å². The minimum Gasteiger partial charge on any atom is -0.320 e. The van der Waals surface area contributed by atoms with Crippen LogP contribution in [0.25, 0.3) is 0 Å². The van der Waals surface area contributed by atoms with E-state index in [-0.39, 0.29) is 6.04 Å². The Morgan fingerprint density at radius 3 is 2.29 bits per heavy atom. The molecular weight excluding hydrogens is 274 g/mol. The number of halogens is 1. The average Bonchev–Trinajstić information content (AvgIpc) is 2.34. The molecule has 0 aromatic heterocycles. The molecule has 0 radical (unpaired) electrons. The van der Waals surface area contributed by atoms with Gasteiger partial charge in [0.2, 0.25) is 0 Å². The molecule has 88 valence electrons. The summed E-state index contributed by atoms with van der Waals surface area (Å²) in [6.07, 6.45) is 0. The van der Waals surface area contributed by atoms with E-state index in [2.05, 4.69) is 54.0 Å². The number of hydrogen-bond acceptors (Lipinski definition) is 1. The zero-order valence-electron chi connectivity index (χ0n) is 10.1. The molecule has 1 atom stereocenters. The summed E-state index contributed by atoms with van der Waals surface area (Å²) in [5, 5.41) is 0. The van der Waals surface area contributed by atoms with Gasteiger partial charge in [0, 0.05) is 4.47 Å². The average molecular weight is 290 g/mol. The Balaban J connectivity index is 2.44. The number of rotatable bonds is 2. The van der Waals surface area contributed by atoms with Gasteiger partial charge >= 0.3 is 0 Å². The molecule has 2 aromatic rings. The molecule has 0 amide bonds. The van der Waals surface area contributed by atoms with E-state index >= 15 is 0 Å². The van der Waals surface area contributed by atoms with Gasteiger partial charge < -0.3 is 5.73 Å². The molecule has 2 heteroatoms. The van der Waals surface area contributed by atoms with Crippen molar-refractivity contribution in [3.05, 3.63) is 69.2 Å². The lowest BCUT2D eigenvalue weighted by Crippen LogP contribution is -2.13. The van der Waals surface area contributed by atoms with Crippen LogP contribution in [-0.2, 0) is 0 Å². The standard InChI is InChI=1S/C15H16BrN/c1-10-9-14(16)11(2)8-13(10)15(17)12-6-4-3-5-7-12/h3-9,15H,17H2,1-2H3. The molecule has 0 heterocycles. The van der Waals surface area contributed by atoms with Crippen LogP contribution in [0.3, 0.4) is 0 Å². The molecule has 0 fully saturated rings. The summed E-state index contributed by atoms with van der Waals surface area (Å²) in [5.74, 6) is 0. The largest absolute Gasteiger partial charge is 0.320 e. The maximum Gasteiger partial charge on any atom is 0.0554 e. The quantitative estimate of drug-likeness (QED) is 0.884. The maximum atomic E-state index is 6.32. The minimum absolute atomic E-state index is 0.0528. The fourth-order valence-electron chi connectivity index (χ4n) is 1.98. The highest BCUT2D eigenvalue weighted by molar-refractivity contribution is 9.10. The smallest absolute Gasteiger partial charge is 0.0554 e. The molecule has 0 bridgehead atoms. The van der Waals surface area contributed by atoms with Gasteiger partial charge in [0.05, 0.1) is 6.04 Å². The van der Waals surface area contributed by atoms with Crippen molar-refractivity contribution < 1.29 is 0 Å². The van der Waals surface area contributed by atoms with Crippen molar-refractivity contribution in [1.82, 2.24) is 0 Å². The van der Waals surface area contributed by atoms with Crippen LogP contribution >= 0.6 is 15.9 Å². The molecule has 2 aromatic carbocycles. The minimum atomic E-state index is -0.0528. The van der Waals surface area contributed by atoms with Crippen molar-refractivity contribution in [2.45, 2.75) is 19.9 Å². The molecule has 2 rings (SSSR count). The lowest BCUT2D eigenvalue weighted by atomic mass is 9.94. The predicted octanol–water partition coefficient (Wildman–Crippen LogP) is 4.11. The van der Waals surface area contributed by atoms with Crippen LogP contribution in [-0.4, -0.2) is 0 Å². The van der Waals surface area contributed by atoms with Crippen molar-refractivity contribution in [2.24, 2.45) is 5.73 Å². The van der Waals surface area contributed by atoms with Gasteiger partial charge in [-0.2, -0.15) is 0 Å². The first-order chi connectivity index (χ1) is 8.09. The fraction of sp³-hybridized carbons (Fsp3) is 0.200. The van der Waals surface area contributed by atoms with Crippen molar-refractivity contribution in [1.29, 1.82) is 0 Å². The lowest BCUT2D eigenvalue weighted by molar-refractivity contribution is 0.859. The zero-order chi connectivity index (χ0) is 12.4. The second-order valence-electron chi connectivity index (χ2n) is 4.35. The van der Waals surface area contributed by atoms with Gasteiger partial charge in [0.1, 0.15) is 0 Å². The van der Waals surface area contributed by atoms with E-state index in [1.54, 1.807) is 0 Å². The summed E-state index contributed by atoms with van der Waals surface area (Å²) in [5.41, 5.74) is 11.1. The van der Waals surface area contributed by atoms with Crippen LogP contribution in [0, 0.1) is 13.8 Å². The number of hydrogen-bond donors (Lipinski definition) is 1. The normalized spacial score (nSPS) is 12.5. The van der Waals surface area contributed by atoms with Crippen molar-refractivity contribution >= 4 is 15.9 Å². The number of benzene rings is 2.